The van der Waals surface area contributed by atoms with Gasteiger partial charge in [-0.25, -0.2) is 0 Å². The molecular formula is C16H16BrNO. The summed E-state index contributed by atoms with van der Waals surface area (Å²) in [5.41, 5.74) is 2.51. The molecule has 0 fully saturated rings. The van der Waals surface area contributed by atoms with Crippen LogP contribution in [0.5, 0.6) is 5.75 Å². The summed E-state index contributed by atoms with van der Waals surface area (Å²) in [6.45, 7) is 2.75. The lowest BCUT2D eigenvalue weighted by Gasteiger charge is -2.23. The van der Waals surface area contributed by atoms with E-state index in [0.29, 0.717) is 0 Å². The average Bonchev–Trinajstić information content (AvgIpc) is 2.62. The molecule has 1 aliphatic heterocycles. The normalized spacial score (nSPS) is 14.5. The lowest BCUT2D eigenvalue weighted by atomic mass is 10.2. The van der Waals surface area contributed by atoms with Crippen LogP contribution < -0.4 is 9.64 Å². The molecule has 3 heteroatoms. The van der Waals surface area contributed by atoms with Crippen molar-refractivity contribution in [2.45, 2.75) is 13.0 Å². The van der Waals surface area contributed by atoms with Gasteiger partial charge in [-0.15, -0.1) is 0 Å². The van der Waals surface area contributed by atoms with E-state index in [2.05, 4.69) is 63.3 Å². The predicted molar refractivity (Wildman–Crippen MR) is 81.7 cm³/mol. The number of anilines is 1. The highest BCUT2D eigenvalue weighted by Crippen LogP contribution is 2.31. The van der Waals surface area contributed by atoms with Gasteiger partial charge in [-0.1, -0.05) is 40.2 Å². The number of halogens is 1. The summed E-state index contributed by atoms with van der Waals surface area (Å²) in [6, 6.07) is 16.8. The first kappa shape index (κ1) is 12.5. The molecule has 0 saturated heterocycles. The fraction of sp³-hybridized carbons (Fsp3) is 0.250. The number of para-hydroxylation sites is 2. The molecule has 0 unspecified atom stereocenters. The van der Waals surface area contributed by atoms with Gasteiger partial charge in [0.25, 0.3) is 0 Å². The second kappa shape index (κ2) is 5.66. The van der Waals surface area contributed by atoms with Gasteiger partial charge in [0.05, 0.1) is 12.3 Å². The van der Waals surface area contributed by atoms with Gasteiger partial charge >= 0.3 is 0 Å². The van der Waals surface area contributed by atoms with Gasteiger partial charge in [0.2, 0.25) is 0 Å². The maximum absolute atomic E-state index is 5.79. The topological polar surface area (TPSA) is 12.5 Å². The summed E-state index contributed by atoms with van der Waals surface area (Å²) in [6.07, 6.45) is 1.06. The van der Waals surface area contributed by atoms with Gasteiger partial charge in [-0.05, 0) is 36.2 Å². The van der Waals surface area contributed by atoms with Crippen LogP contribution in [0.25, 0.3) is 0 Å². The zero-order chi connectivity index (χ0) is 13.1. The number of hydrogen-bond donors (Lipinski definition) is 0. The van der Waals surface area contributed by atoms with Crippen LogP contribution in [0.4, 0.5) is 5.69 Å². The van der Waals surface area contributed by atoms with E-state index in [4.69, 9.17) is 4.74 Å². The smallest absolute Gasteiger partial charge is 0.142 e. The van der Waals surface area contributed by atoms with Crippen LogP contribution >= 0.6 is 15.9 Å². The minimum atomic E-state index is 0.798. The van der Waals surface area contributed by atoms with Gasteiger partial charge in [0, 0.05) is 17.6 Å². The van der Waals surface area contributed by atoms with Crippen molar-refractivity contribution in [1.82, 2.24) is 0 Å². The van der Waals surface area contributed by atoms with Crippen molar-refractivity contribution in [1.29, 1.82) is 0 Å². The summed E-state index contributed by atoms with van der Waals surface area (Å²) in [5, 5.41) is 0. The molecule has 1 aliphatic rings. The maximum atomic E-state index is 5.79. The summed E-state index contributed by atoms with van der Waals surface area (Å²) >= 11 is 3.53. The number of benzene rings is 2. The van der Waals surface area contributed by atoms with E-state index < -0.39 is 0 Å². The van der Waals surface area contributed by atoms with Crippen LogP contribution in [0.15, 0.2) is 53.0 Å². The Morgan fingerprint density at radius 1 is 1.11 bits per heavy atom. The van der Waals surface area contributed by atoms with Gasteiger partial charge in [-0.2, -0.15) is 0 Å². The van der Waals surface area contributed by atoms with Gasteiger partial charge in [-0.3, -0.25) is 0 Å². The predicted octanol–water partition coefficient (Wildman–Crippen LogP) is 4.24. The summed E-state index contributed by atoms with van der Waals surface area (Å²) in [5.74, 6) is 0.995. The van der Waals surface area contributed by atoms with Gasteiger partial charge < -0.3 is 9.64 Å². The maximum Gasteiger partial charge on any atom is 0.142 e. The average molecular weight is 318 g/mol. The standard InChI is InChI=1S/C16H16BrNO/c17-14-6-3-5-13(11-14)12-18-9-4-10-19-16-8-2-1-7-15(16)18/h1-3,5-8,11H,4,9-10,12H2. The van der Waals surface area contributed by atoms with Crippen LogP contribution in [0.1, 0.15) is 12.0 Å². The molecule has 0 radical (unpaired) electrons. The Bertz CT molecular complexity index is 570. The SMILES string of the molecule is Brc1cccc(CN2CCCOc3ccccc32)c1. The third kappa shape index (κ3) is 2.92. The zero-order valence-electron chi connectivity index (χ0n) is 10.7. The highest BCUT2D eigenvalue weighted by atomic mass is 79.9. The van der Waals surface area contributed by atoms with E-state index in [9.17, 15) is 0 Å². The first-order chi connectivity index (χ1) is 9.33. The molecule has 98 valence electrons. The molecule has 0 aromatic heterocycles. The zero-order valence-corrected chi connectivity index (χ0v) is 12.3. The number of hydrogen-bond acceptors (Lipinski definition) is 2. The van der Waals surface area contributed by atoms with Gasteiger partial charge in [0.1, 0.15) is 5.75 Å². The molecule has 0 spiro atoms. The first-order valence-corrected chi connectivity index (χ1v) is 7.33. The Morgan fingerprint density at radius 3 is 2.89 bits per heavy atom. The molecule has 0 atom stereocenters. The Balaban J connectivity index is 1.88. The first-order valence-electron chi connectivity index (χ1n) is 6.54. The minimum Gasteiger partial charge on any atom is -0.491 e. The third-order valence-electron chi connectivity index (χ3n) is 3.30. The number of fused-ring (bicyclic) bond motifs is 1. The fourth-order valence-electron chi connectivity index (χ4n) is 2.42. The molecule has 2 aromatic rings. The third-order valence-corrected chi connectivity index (χ3v) is 3.79. The van der Waals surface area contributed by atoms with E-state index in [1.165, 1.54) is 11.3 Å². The molecule has 0 bridgehead atoms. The summed E-state index contributed by atoms with van der Waals surface area (Å²) in [7, 11) is 0. The van der Waals surface area contributed by atoms with Gasteiger partial charge in [0.15, 0.2) is 0 Å². The molecular weight excluding hydrogens is 302 g/mol. The van der Waals surface area contributed by atoms with E-state index in [1.807, 2.05) is 6.07 Å². The van der Waals surface area contributed by atoms with Crippen molar-refractivity contribution in [2.75, 3.05) is 18.1 Å². The highest BCUT2D eigenvalue weighted by molar-refractivity contribution is 9.10. The van der Waals surface area contributed by atoms with Crippen molar-refractivity contribution < 1.29 is 4.74 Å². The van der Waals surface area contributed by atoms with Crippen molar-refractivity contribution in [2.24, 2.45) is 0 Å². The molecule has 2 nitrogen and oxygen atoms in total. The molecule has 3 rings (SSSR count). The van der Waals surface area contributed by atoms with E-state index in [1.54, 1.807) is 0 Å². The number of ether oxygens (including phenoxy) is 1. The van der Waals surface area contributed by atoms with E-state index in [0.717, 1.165) is 36.3 Å². The van der Waals surface area contributed by atoms with Crippen LogP contribution in [-0.2, 0) is 6.54 Å². The molecule has 0 amide bonds. The molecule has 1 heterocycles. The van der Waals surface area contributed by atoms with Crippen LogP contribution in [-0.4, -0.2) is 13.2 Å². The quantitative estimate of drug-likeness (QED) is 0.821. The number of nitrogens with zero attached hydrogens (tertiary/aromatic N) is 1. The van der Waals surface area contributed by atoms with Crippen LogP contribution in [0.3, 0.4) is 0 Å². The second-order valence-electron chi connectivity index (χ2n) is 4.72. The van der Waals surface area contributed by atoms with Crippen molar-refractivity contribution in [3.8, 4) is 5.75 Å². The van der Waals surface area contributed by atoms with E-state index in [-0.39, 0.29) is 0 Å². The van der Waals surface area contributed by atoms with Crippen molar-refractivity contribution >= 4 is 21.6 Å². The molecule has 0 saturated carbocycles. The molecule has 2 aromatic carbocycles. The summed E-state index contributed by atoms with van der Waals surface area (Å²) in [4.78, 5) is 2.39. The number of rotatable bonds is 2. The second-order valence-corrected chi connectivity index (χ2v) is 5.64. The molecule has 0 N–H and O–H groups in total. The molecule has 19 heavy (non-hydrogen) atoms. The lowest BCUT2D eigenvalue weighted by molar-refractivity contribution is 0.322. The Hall–Kier alpha value is -1.48. The largest absolute Gasteiger partial charge is 0.491 e. The Labute approximate surface area is 122 Å². The van der Waals surface area contributed by atoms with Crippen molar-refractivity contribution in [3.05, 3.63) is 58.6 Å². The highest BCUT2D eigenvalue weighted by Gasteiger charge is 2.15. The minimum absolute atomic E-state index is 0.798. The molecule has 0 aliphatic carbocycles. The Morgan fingerprint density at radius 2 is 2.00 bits per heavy atom. The van der Waals surface area contributed by atoms with Crippen molar-refractivity contribution in [3.63, 3.8) is 0 Å². The monoisotopic (exact) mass is 317 g/mol. The summed E-state index contributed by atoms with van der Waals surface area (Å²) < 4.78 is 6.92. The van der Waals surface area contributed by atoms with Crippen LogP contribution in [0.2, 0.25) is 0 Å². The van der Waals surface area contributed by atoms with E-state index >= 15 is 0 Å². The van der Waals surface area contributed by atoms with Crippen LogP contribution in [0, 0.1) is 0 Å². The lowest BCUT2D eigenvalue weighted by Crippen LogP contribution is -2.23. The fourth-order valence-corrected chi connectivity index (χ4v) is 2.87. The Kier molecular flexibility index (Phi) is 3.74.